The van der Waals surface area contributed by atoms with Gasteiger partial charge in [-0.2, -0.15) is 0 Å². The second-order valence-corrected chi connectivity index (χ2v) is 15.6. The van der Waals surface area contributed by atoms with Crippen molar-refractivity contribution in [1.82, 2.24) is 0 Å². The summed E-state index contributed by atoms with van der Waals surface area (Å²) in [7, 11) is 0. The van der Waals surface area contributed by atoms with Gasteiger partial charge in [0.25, 0.3) is 0 Å². The first-order valence-corrected chi connectivity index (χ1v) is 18.1. The molecule has 0 atom stereocenters. The van der Waals surface area contributed by atoms with Gasteiger partial charge in [0.1, 0.15) is 0 Å². The number of hydrogen-bond donors (Lipinski definition) is 0. The monoisotopic (exact) mass is 665 g/mol. The first-order chi connectivity index (χ1) is 23.0. The predicted octanol–water partition coefficient (Wildman–Crippen LogP) is 12.3. The molecule has 0 N–H and O–H groups in total. The minimum atomic E-state index is -0.0752. The minimum absolute atomic E-state index is 0.0752. The molecule has 47 heavy (non-hydrogen) atoms. The molecule has 0 aliphatic heterocycles. The quantitative estimate of drug-likeness (QED) is 0.134. The summed E-state index contributed by atoms with van der Waals surface area (Å²) in [5.41, 5.74) is 8.92. The molecule has 9 aromatic rings. The molecule has 0 amide bonds. The molecule has 0 bridgehead atoms. The third-order valence-corrected chi connectivity index (χ3v) is 12.9. The maximum absolute atomic E-state index is 2.47. The van der Waals surface area contributed by atoms with Gasteiger partial charge in [-0.15, -0.1) is 0 Å². The van der Waals surface area contributed by atoms with Crippen LogP contribution in [0.1, 0.15) is 25.0 Å². The molecule has 1 nitrogen and oxygen atoms in total. The molecule has 1 heterocycles. The van der Waals surface area contributed by atoms with Gasteiger partial charge in [-0.3, -0.25) is 0 Å². The molecule has 2 heteroatoms. The topological polar surface area (TPSA) is 3.24 Å². The van der Waals surface area contributed by atoms with Crippen LogP contribution in [0.25, 0.3) is 62.7 Å². The van der Waals surface area contributed by atoms with Crippen LogP contribution in [0.4, 0.5) is 17.1 Å². The summed E-state index contributed by atoms with van der Waals surface area (Å²) in [5.74, 6) is 0. The summed E-state index contributed by atoms with van der Waals surface area (Å²) in [4.78, 5) is 2.47. The Labute approximate surface area is 280 Å². The van der Waals surface area contributed by atoms with Gasteiger partial charge in [0.15, 0.2) is 0 Å². The molecule has 1 aliphatic carbocycles. The number of rotatable bonds is 3. The van der Waals surface area contributed by atoms with Crippen molar-refractivity contribution in [2.75, 3.05) is 4.90 Å². The Kier molecular flexibility index (Phi) is 5.71. The van der Waals surface area contributed by atoms with Crippen LogP contribution in [0.15, 0.2) is 152 Å². The fourth-order valence-electron chi connectivity index (χ4n) is 8.04. The van der Waals surface area contributed by atoms with Crippen molar-refractivity contribution in [2.24, 2.45) is 0 Å². The molecule has 222 valence electrons. The normalized spacial score (nSPS) is 13.5. The number of benzene rings is 8. The van der Waals surface area contributed by atoms with Gasteiger partial charge in [-0.1, -0.05) is 12.1 Å². The van der Waals surface area contributed by atoms with Crippen LogP contribution in [-0.2, 0) is 5.41 Å². The molecule has 10 rings (SSSR count). The van der Waals surface area contributed by atoms with Crippen molar-refractivity contribution in [3.63, 3.8) is 0 Å². The first kappa shape index (κ1) is 27.0. The second kappa shape index (κ2) is 9.93. The Balaban J connectivity index is 1.24. The average Bonchev–Trinajstić information content (AvgIpc) is 3.60. The zero-order valence-corrected chi connectivity index (χ0v) is 28.0. The van der Waals surface area contributed by atoms with E-state index < -0.39 is 0 Å². The van der Waals surface area contributed by atoms with E-state index in [1.54, 1.807) is 0 Å². The Bertz CT molecular complexity index is 2730. The molecule has 0 saturated carbocycles. The van der Waals surface area contributed by atoms with E-state index >= 15 is 0 Å². The van der Waals surface area contributed by atoms with E-state index in [4.69, 9.17) is 0 Å². The van der Waals surface area contributed by atoms with E-state index in [1.165, 1.54) is 90.9 Å². The van der Waals surface area contributed by atoms with Crippen LogP contribution in [0.2, 0.25) is 0 Å². The average molecular weight is 665 g/mol. The number of fused-ring (bicyclic) bond motifs is 11. The second-order valence-electron chi connectivity index (χ2n) is 13.4. The van der Waals surface area contributed by atoms with Gasteiger partial charge in [0, 0.05) is 0 Å². The molecule has 1 aromatic heterocycles. The molecule has 0 radical (unpaired) electrons. The van der Waals surface area contributed by atoms with E-state index in [9.17, 15) is 0 Å². The molecular weight excluding hydrogens is 633 g/mol. The van der Waals surface area contributed by atoms with Crippen molar-refractivity contribution < 1.29 is 0 Å². The van der Waals surface area contributed by atoms with Crippen molar-refractivity contribution in [3.05, 3.63) is 163 Å². The summed E-state index contributed by atoms with van der Waals surface area (Å²) < 4.78 is 2.99. The van der Waals surface area contributed by atoms with Gasteiger partial charge in [-0.05, 0) is 0 Å². The SMILES string of the molecule is CC1(C)c2ccccc2-c2ccc(N(c3ccc4ccccc4c3)c3ccc4ccc5ccc6c7ccccc7[se]c6c5c4c3)cc21. The van der Waals surface area contributed by atoms with E-state index in [2.05, 4.69) is 170 Å². The molecule has 8 aromatic carbocycles. The molecule has 0 unspecified atom stereocenters. The van der Waals surface area contributed by atoms with Gasteiger partial charge in [-0.25, -0.2) is 0 Å². The van der Waals surface area contributed by atoms with Crippen molar-refractivity contribution in [3.8, 4) is 11.1 Å². The van der Waals surface area contributed by atoms with Crippen molar-refractivity contribution in [2.45, 2.75) is 19.3 Å². The van der Waals surface area contributed by atoms with E-state index in [-0.39, 0.29) is 19.9 Å². The van der Waals surface area contributed by atoms with E-state index in [0.29, 0.717) is 0 Å². The van der Waals surface area contributed by atoms with Gasteiger partial charge in [0.05, 0.1) is 0 Å². The van der Waals surface area contributed by atoms with Crippen molar-refractivity contribution in [1.29, 1.82) is 0 Å². The first-order valence-electron chi connectivity index (χ1n) is 16.3. The van der Waals surface area contributed by atoms with Crippen LogP contribution >= 0.6 is 0 Å². The summed E-state index contributed by atoms with van der Waals surface area (Å²) in [5, 5.41) is 10.6. The van der Waals surface area contributed by atoms with Gasteiger partial charge < -0.3 is 0 Å². The summed E-state index contributed by atoms with van der Waals surface area (Å²) in [6, 6.07) is 56.8. The molecule has 0 fully saturated rings. The van der Waals surface area contributed by atoms with Crippen LogP contribution in [-0.4, -0.2) is 14.5 Å². The van der Waals surface area contributed by atoms with Gasteiger partial charge in [0.2, 0.25) is 0 Å². The molecule has 0 saturated heterocycles. The zero-order valence-electron chi connectivity index (χ0n) is 26.3. The summed E-state index contributed by atoms with van der Waals surface area (Å²) in [6.07, 6.45) is 0. The molecular formula is C45H31NSe. The number of nitrogens with zero attached hydrogens (tertiary/aromatic N) is 1. The third kappa shape index (κ3) is 3.96. The zero-order chi connectivity index (χ0) is 31.3. The summed E-state index contributed by atoms with van der Waals surface area (Å²) >= 11 is 0.272. The van der Waals surface area contributed by atoms with Crippen LogP contribution < -0.4 is 4.90 Å². The Hall–Kier alpha value is -5.14. The summed E-state index contributed by atoms with van der Waals surface area (Å²) in [6.45, 7) is 4.73. The predicted molar refractivity (Wildman–Crippen MR) is 203 cm³/mol. The number of anilines is 3. The van der Waals surface area contributed by atoms with E-state index in [1.807, 2.05) is 0 Å². The Morgan fingerprint density at radius 2 is 1.09 bits per heavy atom. The van der Waals surface area contributed by atoms with Crippen LogP contribution in [0.5, 0.6) is 0 Å². The van der Waals surface area contributed by atoms with Crippen molar-refractivity contribution >= 4 is 83.2 Å². The Morgan fingerprint density at radius 1 is 0.447 bits per heavy atom. The van der Waals surface area contributed by atoms with Gasteiger partial charge >= 0.3 is 269 Å². The van der Waals surface area contributed by atoms with E-state index in [0.717, 1.165) is 0 Å². The van der Waals surface area contributed by atoms with Crippen LogP contribution in [0, 0.1) is 0 Å². The standard InChI is InChI=1S/C45H31NSe/c1-45(2)40-13-7-5-11-35(40)36-24-22-34(27-41(36)45)46(32-20-17-28-9-3-4-10-31(28)25-32)33-21-18-29-15-16-30-19-23-38-37-12-6-8-14-42(37)47-44(38)43(30)39(29)26-33/h3-27H,1-2H3. The van der Waals surface area contributed by atoms with Crippen LogP contribution in [0.3, 0.4) is 0 Å². The number of hydrogen-bond acceptors (Lipinski definition) is 1. The fourth-order valence-corrected chi connectivity index (χ4v) is 10.7. The third-order valence-electron chi connectivity index (χ3n) is 10.4. The fraction of sp³-hybridized carbons (Fsp3) is 0.0667. The maximum atomic E-state index is 2.47. The molecule has 1 aliphatic rings. The molecule has 0 spiro atoms. The Morgan fingerprint density at radius 3 is 2.00 bits per heavy atom.